The number of aromatic nitrogens is 4. The van der Waals surface area contributed by atoms with E-state index in [9.17, 15) is 9.90 Å². The zero-order valence-electron chi connectivity index (χ0n) is 16.1. The van der Waals surface area contributed by atoms with E-state index in [4.69, 9.17) is 9.72 Å². The second-order valence-corrected chi connectivity index (χ2v) is 7.61. The SMILES string of the molecule is Cn1cnc2cc(-c3ccc(C(C)(C)O)nc3)nc(NC3CCOC3)c2c1=O. The van der Waals surface area contributed by atoms with Crippen LogP contribution in [0.2, 0.25) is 0 Å². The summed E-state index contributed by atoms with van der Waals surface area (Å²) in [5.41, 5.74) is 1.42. The van der Waals surface area contributed by atoms with Crippen LogP contribution < -0.4 is 10.9 Å². The lowest BCUT2D eigenvalue weighted by molar-refractivity contribution is 0.0739. The molecule has 1 aliphatic heterocycles. The van der Waals surface area contributed by atoms with E-state index >= 15 is 0 Å². The molecule has 0 bridgehead atoms. The number of rotatable bonds is 4. The largest absolute Gasteiger partial charge is 0.384 e. The fraction of sp³-hybridized carbons (Fsp3) is 0.400. The van der Waals surface area contributed by atoms with Gasteiger partial charge in [0.2, 0.25) is 0 Å². The van der Waals surface area contributed by atoms with Crippen molar-refractivity contribution in [2.75, 3.05) is 18.5 Å². The summed E-state index contributed by atoms with van der Waals surface area (Å²) in [5, 5.41) is 13.9. The molecule has 1 fully saturated rings. The number of hydrogen-bond acceptors (Lipinski definition) is 7. The average Bonchev–Trinajstić information content (AvgIpc) is 3.17. The lowest BCUT2D eigenvalue weighted by Gasteiger charge is -2.17. The van der Waals surface area contributed by atoms with E-state index < -0.39 is 5.60 Å². The van der Waals surface area contributed by atoms with Crippen LogP contribution in [0.3, 0.4) is 0 Å². The molecule has 28 heavy (non-hydrogen) atoms. The molecule has 1 saturated heterocycles. The van der Waals surface area contributed by atoms with Crippen molar-refractivity contribution in [3.63, 3.8) is 0 Å². The monoisotopic (exact) mass is 381 g/mol. The summed E-state index contributed by atoms with van der Waals surface area (Å²) >= 11 is 0. The van der Waals surface area contributed by atoms with E-state index in [1.807, 2.05) is 6.07 Å². The Balaban J connectivity index is 1.83. The van der Waals surface area contributed by atoms with Crippen LogP contribution in [-0.4, -0.2) is 43.9 Å². The minimum absolute atomic E-state index is 0.103. The highest BCUT2D eigenvalue weighted by Gasteiger charge is 2.21. The van der Waals surface area contributed by atoms with Crippen LogP contribution in [0.4, 0.5) is 5.82 Å². The molecule has 1 unspecified atom stereocenters. The Morgan fingerprint density at radius 3 is 2.79 bits per heavy atom. The van der Waals surface area contributed by atoms with E-state index in [1.165, 1.54) is 10.9 Å². The van der Waals surface area contributed by atoms with Crippen molar-refractivity contribution in [2.24, 2.45) is 7.05 Å². The second-order valence-electron chi connectivity index (χ2n) is 7.61. The Morgan fingerprint density at radius 2 is 2.14 bits per heavy atom. The summed E-state index contributed by atoms with van der Waals surface area (Å²) in [4.78, 5) is 26.2. The molecule has 8 heteroatoms. The van der Waals surface area contributed by atoms with Gasteiger partial charge in [-0.3, -0.25) is 9.78 Å². The maximum absolute atomic E-state index is 12.7. The molecular weight excluding hydrogens is 358 g/mol. The van der Waals surface area contributed by atoms with Crippen LogP contribution in [-0.2, 0) is 17.4 Å². The van der Waals surface area contributed by atoms with Gasteiger partial charge in [-0.05, 0) is 38.5 Å². The third-order valence-electron chi connectivity index (χ3n) is 4.86. The zero-order valence-corrected chi connectivity index (χ0v) is 16.1. The molecule has 0 saturated carbocycles. The summed E-state index contributed by atoms with van der Waals surface area (Å²) < 4.78 is 6.88. The molecule has 0 spiro atoms. The van der Waals surface area contributed by atoms with Gasteiger partial charge in [0.25, 0.3) is 5.56 Å². The van der Waals surface area contributed by atoms with Crippen molar-refractivity contribution in [3.8, 4) is 11.3 Å². The summed E-state index contributed by atoms with van der Waals surface area (Å²) in [6.07, 6.45) is 4.04. The predicted molar refractivity (Wildman–Crippen MR) is 106 cm³/mol. The highest BCUT2D eigenvalue weighted by atomic mass is 16.5. The van der Waals surface area contributed by atoms with Crippen LogP contribution >= 0.6 is 0 Å². The molecule has 2 N–H and O–H groups in total. The average molecular weight is 381 g/mol. The number of aryl methyl sites for hydroxylation is 1. The van der Waals surface area contributed by atoms with Crippen LogP contribution in [0.15, 0.2) is 35.5 Å². The van der Waals surface area contributed by atoms with Crippen LogP contribution in [0.1, 0.15) is 26.0 Å². The Labute approximate surface area is 162 Å². The minimum Gasteiger partial charge on any atom is -0.384 e. The number of pyridine rings is 2. The number of nitrogens with one attached hydrogen (secondary N) is 1. The normalized spacial score (nSPS) is 17.2. The van der Waals surface area contributed by atoms with Gasteiger partial charge in [-0.25, -0.2) is 9.97 Å². The highest BCUT2D eigenvalue weighted by Crippen LogP contribution is 2.27. The molecule has 4 rings (SSSR count). The van der Waals surface area contributed by atoms with E-state index in [1.54, 1.807) is 39.2 Å². The molecule has 3 aromatic rings. The van der Waals surface area contributed by atoms with Crippen molar-refractivity contribution >= 4 is 16.7 Å². The number of aliphatic hydroxyl groups is 1. The van der Waals surface area contributed by atoms with E-state index in [0.29, 0.717) is 41.3 Å². The van der Waals surface area contributed by atoms with Gasteiger partial charge in [-0.15, -0.1) is 0 Å². The van der Waals surface area contributed by atoms with E-state index in [2.05, 4.69) is 15.3 Å². The maximum Gasteiger partial charge on any atom is 0.264 e. The first-order valence-corrected chi connectivity index (χ1v) is 9.23. The Bertz CT molecular complexity index is 1060. The van der Waals surface area contributed by atoms with Crippen molar-refractivity contribution in [3.05, 3.63) is 46.8 Å². The van der Waals surface area contributed by atoms with Crippen molar-refractivity contribution in [1.29, 1.82) is 0 Å². The third kappa shape index (κ3) is 3.48. The lowest BCUT2D eigenvalue weighted by Crippen LogP contribution is -2.24. The zero-order chi connectivity index (χ0) is 19.9. The molecule has 0 amide bonds. The standard InChI is InChI=1S/C20H23N5O3/c1-20(2,27)16-5-4-12(9-21-16)14-8-15-17(19(26)25(3)11-22-15)18(24-14)23-13-6-7-28-10-13/h4-5,8-9,11,13,27H,6-7,10H2,1-3H3,(H,23,24). The summed E-state index contributed by atoms with van der Waals surface area (Å²) in [6, 6.07) is 5.52. The van der Waals surface area contributed by atoms with Gasteiger partial charge < -0.3 is 19.7 Å². The fourth-order valence-electron chi connectivity index (χ4n) is 3.22. The number of hydrogen-bond donors (Lipinski definition) is 2. The first-order chi connectivity index (χ1) is 13.3. The van der Waals surface area contributed by atoms with Gasteiger partial charge in [0.05, 0.1) is 35.9 Å². The second kappa shape index (κ2) is 6.96. The molecular formula is C20H23N5O3. The van der Waals surface area contributed by atoms with Gasteiger partial charge in [0.15, 0.2) is 0 Å². The van der Waals surface area contributed by atoms with Crippen LogP contribution in [0.5, 0.6) is 0 Å². The van der Waals surface area contributed by atoms with Crippen molar-refractivity contribution in [2.45, 2.75) is 31.9 Å². The van der Waals surface area contributed by atoms with E-state index in [-0.39, 0.29) is 11.6 Å². The van der Waals surface area contributed by atoms with Crippen molar-refractivity contribution < 1.29 is 9.84 Å². The minimum atomic E-state index is -1.02. The summed E-state index contributed by atoms with van der Waals surface area (Å²) in [7, 11) is 1.67. The van der Waals surface area contributed by atoms with Gasteiger partial charge >= 0.3 is 0 Å². The molecule has 8 nitrogen and oxygen atoms in total. The molecule has 0 aromatic carbocycles. The predicted octanol–water partition coefficient (Wildman–Crippen LogP) is 1.82. The lowest BCUT2D eigenvalue weighted by atomic mass is 10.0. The Morgan fingerprint density at radius 1 is 1.32 bits per heavy atom. The molecule has 0 aliphatic carbocycles. The molecule has 146 valence electrons. The van der Waals surface area contributed by atoms with Crippen LogP contribution in [0.25, 0.3) is 22.2 Å². The topological polar surface area (TPSA) is 102 Å². The molecule has 1 aliphatic rings. The molecule has 4 heterocycles. The van der Waals surface area contributed by atoms with Crippen LogP contribution in [0, 0.1) is 0 Å². The van der Waals surface area contributed by atoms with Gasteiger partial charge in [0.1, 0.15) is 16.8 Å². The smallest absolute Gasteiger partial charge is 0.264 e. The fourth-order valence-corrected chi connectivity index (χ4v) is 3.22. The van der Waals surface area contributed by atoms with Gasteiger partial charge in [-0.2, -0.15) is 0 Å². The maximum atomic E-state index is 12.7. The Hall–Kier alpha value is -2.84. The summed E-state index contributed by atoms with van der Waals surface area (Å²) in [5.74, 6) is 0.503. The van der Waals surface area contributed by atoms with Gasteiger partial charge in [-0.1, -0.05) is 0 Å². The molecule has 0 radical (unpaired) electrons. The summed E-state index contributed by atoms with van der Waals surface area (Å²) in [6.45, 7) is 4.65. The number of ether oxygens (including phenoxy) is 1. The Kier molecular flexibility index (Phi) is 4.60. The molecule has 1 atom stereocenters. The quantitative estimate of drug-likeness (QED) is 0.711. The number of nitrogens with zero attached hydrogens (tertiary/aromatic N) is 4. The highest BCUT2D eigenvalue weighted by molar-refractivity contribution is 5.91. The number of anilines is 1. The number of fused-ring (bicyclic) bond motifs is 1. The van der Waals surface area contributed by atoms with Crippen molar-refractivity contribution in [1.82, 2.24) is 19.5 Å². The first kappa shape index (κ1) is 18.5. The van der Waals surface area contributed by atoms with E-state index in [0.717, 1.165) is 12.0 Å². The third-order valence-corrected chi connectivity index (χ3v) is 4.86. The molecule has 3 aromatic heterocycles. The van der Waals surface area contributed by atoms with Gasteiger partial charge in [0, 0.05) is 25.4 Å². The first-order valence-electron chi connectivity index (χ1n) is 9.23.